The van der Waals surface area contributed by atoms with E-state index in [4.69, 9.17) is 4.74 Å². The van der Waals surface area contributed by atoms with Crippen molar-refractivity contribution in [3.63, 3.8) is 0 Å². The van der Waals surface area contributed by atoms with Crippen LogP contribution < -0.4 is 15.4 Å². The van der Waals surface area contributed by atoms with Crippen molar-refractivity contribution < 1.29 is 13.9 Å². The minimum atomic E-state index is -0.352. The molecule has 3 rings (SSSR count). The molecule has 7 nitrogen and oxygen atoms in total. The lowest BCUT2D eigenvalue weighted by atomic mass is 9.84. The molecule has 2 N–H and O–H groups in total. The van der Waals surface area contributed by atoms with Gasteiger partial charge in [-0.25, -0.2) is 9.38 Å². The second-order valence-electron chi connectivity index (χ2n) is 8.52. The molecule has 2 aliphatic rings. The maximum absolute atomic E-state index is 13.9. The molecule has 8 heteroatoms. The first-order chi connectivity index (χ1) is 15.6. The van der Waals surface area contributed by atoms with Crippen molar-refractivity contribution in [2.75, 3.05) is 52.4 Å². The van der Waals surface area contributed by atoms with Crippen molar-refractivity contribution in [1.29, 1.82) is 0 Å². The van der Waals surface area contributed by atoms with Crippen LogP contribution in [0.3, 0.4) is 0 Å². The van der Waals surface area contributed by atoms with Gasteiger partial charge in [0.1, 0.15) is 6.10 Å². The van der Waals surface area contributed by atoms with E-state index in [2.05, 4.69) is 20.5 Å². The molecule has 1 aliphatic heterocycles. The van der Waals surface area contributed by atoms with Gasteiger partial charge in [-0.15, -0.1) is 0 Å². The number of amides is 1. The van der Waals surface area contributed by atoms with Gasteiger partial charge in [-0.3, -0.25) is 9.69 Å². The van der Waals surface area contributed by atoms with Crippen LogP contribution in [0, 0.1) is 11.7 Å². The van der Waals surface area contributed by atoms with Gasteiger partial charge in [-0.05, 0) is 38.3 Å². The van der Waals surface area contributed by atoms with Gasteiger partial charge >= 0.3 is 0 Å². The van der Waals surface area contributed by atoms with Crippen molar-refractivity contribution in [3.8, 4) is 5.75 Å². The number of benzene rings is 1. The van der Waals surface area contributed by atoms with Crippen LogP contribution >= 0.6 is 0 Å². The molecule has 1 saturated carbocycles. The normalized spacial score (nSPS) is 18.7. The van der Waals surface area contributed by atoms with Crippen LogP contribution in [0.5, 0.6) is 5.75 Å². The van der Waals surface area contributed by atoms with Crippen molar-refractivity contribution in [3.05, 3.63) is 30.1 Å². The van der Waals surface area contributed by atoms with E-state index >= 15 is 0 Å². The van der Waals surface area contributed by atoms with E-state index in [0.29, 0.717) is 12.5 Å². The quantitative estimate of drug-likeness (QED) is 0.426. The molecule has 178 valence electrons. The second kappa shape index (κ2) is 12.6. The van der Waals surface area contributed by atoms with Gasteiger partial charge in [0.25, 0.3) is 0 Å². The minimum Gasteiger partial charge on any atom is -0.485 e. The van der Waals surface area contributed by atoms with Crippen LogP contribution in [0.1, 0.15) is 39.5 Å². The van der Waals surface area contributed by atoms with Crippen LogP contribution in [0.15, 0.2) is 29.3 Å². The van der Waals surface area contributed by atoms with Gasteiger partial charge in [-0.2, -0.15) is 0 Å². The van der Waals surface area contributed by atoms with E-state index in [-0.39, 0.29) is 23.6 Å². The molecule has 1 saturated heterocycles. The zero-order chi connectivity index (χ0) is 22.8. The van der Waals surface area contributed by atoms with E-state index in [9.17, 15) is 9.18 Å². The minimum absolute atomic E-state index is 0.191. The number of carbonyl (C=O) groups is 1. The Morgan fingerprint density at radius 1 is 1.19 bits per heavy atom. The highest BCUT2D eigenvalue weighted by atomic mass is 19.1. The number of hydrogen-bond acceptors (Lipinski definition) is 4. The molecule has 2 fully saturated rings. The molecule has 0 radical (unpaired) electrons. The Morgan fingerprint density at radius 3 is 2.56 bits per heavy atom. The summed E-state index contributed by atoms with van der Waals surface area (Å²) in [5.74, 6) is 1.30. The Kier molecular flexibility index (Phi) is 9.59. The molecule has 1 amide bonds. The number of aliphatic imine (C=N–C) groups is 1. The number of halogens is 1. The molecule has 1 unspecified atom stereocenters. The molecular weight excluding hydrogens is 409 g/mol. The number of para-hydroxylation sites is 1. The summed E-state index contributed by atoms with van der Waals surface area (Å²) >= 11 is 0. The third-order valence-electron chi connectivity index (χ3n) is 6.24. The first-order valence-corrected chi connectivity index (χ1v) is 12.0. The highest BCUT2D eigenvalue weighted by Gasteiger charge is 2.31. The fourth-order valence-electron chi connectivity index (χ4n) is 3.94. The SMILES string of the molecule is CCNC(=NCC(CC)Oc1ccccc1F)NCCN1CCN(C(=O)C2CCC2)CC1. The number of carbonyl (C=O) groups excluding carboxylic acids is 1. The molecule has 32 heavy (non-hydrogen) atoms. The number of rotatable bonds is 10. The van der Waals surface area contributed by atoms with Crippen molar-refractivity contribution in [2.45, 2.75) is 45.6 Å². The lowest BCUT2D eigenvalue weighted by Gasteiger charge is -2.38. The molecule has 1 aromatic rings. The summed E-state index contributed by atoms with van der Waals surface area (Å²) in [4.78, 5) is 21.5. The van der Waals surface area contributed by atoms with E-state index in [0.717, 1.165) is 71.0 Å². The third-order valence-corrected chi connectivity index (χ3v) is 6.24. The van der Waals surface area contributed by atoms with Crippen molar-refractivity contribution in [1.82, 2.24) is 20.4 Å². The monoisotopic (exact) mass is 447 g/mol. The highest BCUT2D eigenvalue weighted by Crippen LogP contribution is 2.28. The van der Waals surface area contributed by atoms with Gasteiger partial charge in [0.05, 0.1) is 6.54 Å². The van der Waals surface area contributed by atoms with Crippen molar-refractivity contribution >= 4 is 11.9 Å². The molecule has 1 aromatic carbocycles. The average molecular weight is 448 g/mol. The van der Waals surface area contributed by atoms with E-state index < -0.39 is 0 Å². The third kappa shape index (κ3) is 7.08. The van der Waals surface area contributed by atoms with Crippen molar-refractivity contribution in [2.24, 2.45) is 10.9 Å². The Hall–Kier alpha value is -2.35. The predicted molar refractivity (Wildman–Crippen MR) is 125 cm³/mol. The van der Waals surface area contributed by atoms with Gasteiger partial charge in [0.15, 0.2) is 17.5 Å². The number of piperazine rings is 1. The van der Waals surface area contributed by atoms with Crippen LogP contribution in [0.2, 0.25) is 0 Å². The Balaban J connectivity index is 1.40. The molecule has 0 spiro atoms. The highest BCUT2D eigenvalue weighted by molar-refractivity contribution is 5.80. The smallest absolute Gasteiger partial charge is 0.225 e. The topological polar surface area (TPSA) is 69.2 Å². The van der Waals surface area contributed by atoms with Crippen LogP contribution in [0.4, 0.5) is 4.39 Å². The zero-order valence-corrected chi connectivity index (χ0v) is 19.5. The first-order valence-electron chi connectivity index (χ1n) is 12.0. The van der Waals surface area contributed by atoms with E-state index in [1.807, 2.05) is 18.7 Å². The first kappa shape index (κ1) is 24.3. The maximum Gasteiger partial charge on any atom is 0.225 e. The summed E-state index contributed by atoms with van der Waals surface area (Å²) in [6, 6.07) is 6.47. The van der Waals surface area contributed by atoms with E-state index in [1.165, 1.54) is 12.5 Å². The molecule has 1 atom stereocenters. The summed E-state index contributed by atoms with van der Waals surface area (Å²) in [6.07, 6.45) is 3.88. The lowest BCUT2D eigenvalue weighted by molar-refractivity contribution is -0.139. The summed E-state index contributed by atoms with van der Waals surface area (Å²) in [7, 11) is 0. The molecule has 1 aliphatic carbocycles. The Morgan fingerprint density at radius 2 is 1.94 bits per heavy atom. The van der Waals surface area contributed by atoms with Gasteiger partial charge in [-0.1, -0.05) is 25.5 Å². The van der Waals surface area contributed by atoms with E-state index in [1.54, 1.807) is 18.2 Å². The number of guanidine groups is 1. The van der Waals surface area contributed by atoms with Crippen LogP contribution in [-0.2, 0) is 4.79 Å². The zero-order valence-electron chi connectivity index (χ0n) is 19.5. The molecule has 0 bridgehead atoms. The standard InChI is InChI=1S/C24H38FN5O2/c1-3-20(32-22-11-6-5-10-21(22)25)18-28-24(26-4-2)27-12-13-29-14-16-30(17-15-29)23(31)19-8-7-9-19/h5-6,10-11,19-20H,3-4,7-9,12-18H2,1-2H3,(H2,26,27,28). The number of nitrogens with zero attached hydrogens (tertiary/aromatic N) is 3. The maximum atomic E-state index is 13.9. The average Bonchev–Trinajstić information content (AvgIpc) is 2.77. The number of nitrogens with one attached hydrogen (secondary N) is 2. The van der Waals surface area contributed by atoms with Crippen LogP contribution in [-0.4, -0.2) is 80.1 Å². The number of ether oxygens (including phenoxy) is 1. The largest absolute Gasteiger partial charge is 0.485 e. The molecular formula is C24H38FN5O2. The molecule has 1 heterocycles. The summed E-state index contributed by atoms with van der Waals surface area (Å²) in [5.41, 5.74) is 0. The fourth-order valence-corrected chi connectivity index (χ4v) is 3.94. The summed E-state index contributed by atoms with van der Waals surface area (Å²) in [5, 5.41) is 6.64. The summed E-state index contributed by atoms with van der Waals surface area (Å²) < 4.78 is 19.7. The lowest BCUT2D eigenvalue weighted by Crippen LogP contribution is -2.52. The predicted octanol–water partition coefficient (Wildman–Crippen LogP) is 2.48. The fraction of sp³-hybridized carbons (Fsp3) is 0.667. The summed E-state index contributed by atoms with van der Waals surface area (Å²) in [6.45, 7) is 10.4. The van der Waals surface area contributed by atoms with Gasteiger partial charge < -0.3 is 20.3 Å². The van der Waals surface area contributed by atoms with Crippen LogP contribution in [0.25, 0.3) is 0 Å². The molecule has 0 aromatic heterocycles. The second-order valence-corrected chi connectivity index (χ2v) is 8.52. The Labute approximate surface area is 191 Å². The Bertz CT molecular complexity index is 748. The number of hydrogen-bond donors (Lipinski definition) is 2. The van der Waals surface area contributed by atoms with Gasteiger partial charge in [0, 0.05) is 51.7 Å². The van der Waals surface area contributed by atoms with Gasteiger partial charge in [0.2, 0.25) is 5.91 Å².